The van der Waals surface area contributed by atoms with Crippen LogP contribution in [0.3, 0.4) is 0 Å². The first-order valence-corrected chi connectivity index (χ1v) is 7.25. The van der Waals surface area contributed by atoms with E-state index in [0.29, 0.717) is 11.8 Å². The summed E-state index contributed by atoms with van der Waals surface area (Å²) < 4.78 is 5.93. The van der Waals surface area contributed by atoms with E-state index < -0.39 is 5.54 Å². The molecule has 1 aliphatic heterocycles. The van der Waals surface area contributed by atoms with E-state index in [-0.39, 0.29) is 0 Å². The number of methoxy groups -OCH3 is 1. The molecule has 0 aromatic carbocycles. The number of hydrogen-bond acceptors (Lipinski definition) is 6. The van der Waals surface area contributed by atoms with Crippen molar-refractivity contribution in [2.24, 2.45) is 0 Å². The predicted octanol–water partition coefficient (Wildman–Crippen LogP) is 1.67. The van der Waals surface area contributed by atoms with Gasteiger partial charge in [-0.2, -0.15) is 10.2 Å². The van der Waals surface area contributed by atoms with Crippen molar-refractivity contribution in [3.63, 3.8) is 0 Å². The summed E-state index contributed by atoms with van der Waals surface area (Å²) in [5.41, 5.74) is -0.426. The first-order valence-electron chi connectivity index (χ1n) is 6.45. The van der Waals surface area contributed by atoms with Crippen LogP contribution in [-0.4, -0.2) is 53.7 Å². The maximum atomic E-state index is 9.18. The zero-order chi connectivity index (χ0) is 14.8. The number of aromatic nitrogens is 2. The number of rotatable bonds is 3. The molecule has 0 radical (unpaired) electrons. The fourth-order valence-corrected chi connectivity index (χ4v) is 2.53. The highest BCUT2D eigenvalue weighted by atomic mass is 79.9. The van der Waals surface area contributed by atoms with Crippen molar-refractivity contribution in [2.75, 3.05) is 38.2 Å². The zero-order valence-corrected chi connectivity index (χ0v) is 13.5. The van der Waals surface area contributed by atoms with E-state index in [9.17, 15) is 5.26 Å². The van der Waals surface area contributed by atoms with Gasteiger partial charge in [0.25, 0.3) is 0 Å². The summed E-state index contributed by atoms with van der Waals surface area (Å²) in [6, 6.07) is 2.34. The molecule has 0 N–H and O–H groups in total. The van der Waals surface area contributed by atoms with E-state index in [1.165, 1.54) is 0 Å². The Hall–Kier alpha value is -1.39. The Morgan fingerprint density at radius 3 is 2.55 bits per heavy atom. The summed E-state index contributed by atoms with van der Waals surface area (Å²) in [5.74, 6) is 1.20. The van der Waals surface area contributed by atoms with Crippen molar-refractivity contribution in [2.45, 2.75) is 19.4 Å². The van der Waals surface area contributed by atoms with E-state index in [1.807, 2.05) is 13.8 Å². The van der Waals surface area contributed by atoms with Crippen LogP contribution in [0.15, 0.2) is 10.7 Å². The Labute approximate surface area is 127 Å². The van der Waals surface area contributed by atoms with E-state index in [0.717, 1.165) is 30.7 Å². The number of hydrogen-bond donors (Lipinski definition) is 0. The molecule has 2 rings (SSSR count). The van der Waals surface area contributed by atoms with Crippen LogP contribution in [0.1, 0.15) is 13.8 Å². The van der Waals surface area contributed by atoms with E-state index >= 15 is 0 Å². The van der Waals surface area contributed by atoms with E-state index in [2.05, 4.69) is 41.8 Å². The number of nitriles is 1. The molecule has 0 spiro atoms. The van der Waals surface area contributed by atoms with Gasteiger partial charge in [0.1, 0.15) is 5.54 Å². The zero-order valence-electron chi connectivity index (χ0n) is 11.9. The smallest absolute Gasteiger partial charge is 0.232 e. The molecule has 6 nitrogen and oxygen atoms in total. The van der Waals surface area contributed by atoms with Gasteiger partial charge in [-0.15, -0.1) is 0 Å². The van der Waals surface area contributed by atoms with Crippen molar-refractivity contribution < 1.29 is 4.74 Å². The van der Waals surface area contributed by atoms with Crippen molar-refractivity contribution in [1.29, 1.82) is 5.26 Å². The Kier molecular flexibility index (Phi) is 4.45. The van der Waals surface area contributed by atoms with Crippen molar-refractivity contribution in [1.82, 2.24) is 14.9 Å². The fraction of sp³-hybridized carbons (Fsp3) is 0.615. The second-order valence-electron chi connectivity index (χ2n) is 5.17. The number of anilines is 1. The first-order chi connectivity index (χ1) is 9.47. The average molecular weight is 340 g/mol. The maximum absolute atomic E-state index is 9.18. The highest BCUT2D eigenvalue weighted by Gasteiger charge is 2.30. The Balaban J connectivity index is 2.06. The lowest BCUT2D eigenvalue weighted by molar-refractivity contribution is 0.157. The maximum Gasteiger partial charge on any atom is 0.232 e. The molecule has 0 aliphatic carbocycles. The number of piperazine rings is 1. The van der Waals surface area contributed by atoms with Gasteiger partial charge in [-0.3, -0.25) is 4.90 Å². The number of nitrogens with zero attached hydrogens (tertiary/aromatic N) is 5. The molecule has 2 heterocycles. The summed E-state index contributed by atoms with van der Waals surface area (Å²) in [7, 11) is 1.59. The molecule has 1 fully saturated rings. The molecule has 0 bridgehead atoms. The van der Waals surface area contributed by atoms with Gasteiger partial charge in [-0.25, -0.2) is 4.98 Å². The lowest BCUT2D eigenvalue weighted by Crippen LogP contribution is -2.54. The summed E-state index contributed by atoms with van der Waals surface area (Å²) in [5, 5.41) is 9.18. The van der Waals surface area contributed by atoms with Crippen molar-refractivity contribution in [3.8, 4) is 11.9 Å². The van der Waals surface area contributed by atoms with Crippen LogP contribution < -0.4 is 9.64 Å². The SMILES string of the molecule is COc1nc(N2CCN(C(C)(C)C#N)CC2)ncc1Br. The molecule has 7 heteroatoms. The molecule has 20 heavy (non-hydrogen) atoms. The van der Waals surface area contributed by atoms with Crippen LogP contribution >= 0.6 is 15.9 Å². The lowest BCUT2D eigenvalue weighted by atomic mass is 10.0. The van der Waals surface area contributed by atoms with Gasteiger partial charge in [0, 0.05) is 26.2 Å². The quantitative estimate of drug-likeness (QED) is 0.834. The normalized spacial score (nSPS) is 16.9. The summed E-state index contributed by atoms with van der Waals surface area (Å²) >= 11 is 3.35. The highest BCUT2D eigenvalue weighted by Crippen LogP contribution is 2.24. The minimum atomic E-state index is -0.426. The second-order valence-corrected chi connectivity index (χ2v) is 6.03. The van der Waals surface area contributed by atoms with Gasteiger partial charge in [0.2, 0.25) is 11.8 Å². The van der Waals surface area contributed by atoms with Crippen LogP contribution in [-0.2, 0) is 0 Å². The minimum Gasteiger partial charge on any atom is -0.480 e. The van der Waals surface area contributed by atoms with Crippen molar-refractivity contribution >= 4 is 21.9 Å². The molecule has 108 valence electrons. The predicted molar refractivity (Wildman–Crippen MR) is 79.8 cm³/mol. The molecule has 0 unspecified atom stereocenters. The molecular formula is C13H18BrN5O. The molecule has 0 atom stereocenters. The van der Waals surface area contributed by atoms with Crippen LogP contribution in [0.4, 0.5) is 5.95 Å². The third-order valence-corrected chi connectivity index (χ3v) is 4.06. The van der Waals surface area contributed by atoms with Gasteiger partial charge in [0.05, 0.1) is 23.8 Å². The highest BCUT2D eigenvalue weighted by molar-refractivity contribution is 9.10. The molecule has 1 saturated heterocycles. The standard InChI is InChI=1S/C13H18BrN5O/c1-13(2,9-15)19-6-4-18(5-7-19)12-16-8-10(14)11(17-12)20-3/h8H,4-7H2,1-3H3. The molecule has 1 aliphatic rings. The van der Waals surface area contributed by atoms with Gasteiger partial charge < -0.3 is 9.64 Å². The summed E-state index contributed by atoms with van der Waals surface area (Å²) in [6.07, 6.45) is 1.70. The summed E-state index contributed by atoms with van der Waals surface area (Å²) in [4.78, 5) is 13.0. The largest absolute Gasteiger partial charge is 0.480 e. The Bertz CT molecular complexity index is 520. The summed E-state index contributed by atoms with van der Waals surface area (Å²) in [6.45, 7) is 7.14. The lowest BCUT2D eigenvalue weighted by Gasteiger charge is -2.40. The van der Waals surface area contributed by atoms with Gasteiger partial charge in [0.15, 0.2) is 0 Å². The third kappa shape index (κ3) is 3.02. The van der Waals surface area contributed by atoms with Crippen LogP contribution in [0.5, 0.6) is 5.88 Å². The van der Waals surface area contributed by atoms with Gasteiger partial charge >= 0.3 is 0 Å². The monoisotopic (exact) mass is 339 g/mol. The van der Waals surface area contributed by atoms with E-state index in [4.69, 9.17) is 4.74 Å². The molecule has 1 aromatic rings. The van der Waals surface area contributed by atoms with E-state index in [1.54, 1.807) is 13.3 Å². The van der Waals surface area contributed by atoms with Crippen LogP contribution in [0.2, 0.25) is 0 Å². The van der Waals surface area contributed by atoms with Gasteiger partial charge in [-0.1, -0.05) is 0 Å². The number of halogens is 1. The number of ether oxygens (including phenoxy) is 1. The molecule has 1 aromatic heterocycles. The second kappa shape index (κ2) is 5.94. The van der Waals surface area contributed by atoms with Crippen molar-refractivity contribution in [3.05, 3.63) is 10.7 Å². The molecular weight excluding hydrogens is 322 g/mol. The topological polar surface area (TPSA) is 65.3 Å². The molecule has 0 saturated carbocycles. The van der Waals surface area contributed by atoms with Gasteiger partial charge in [-0.05, 0) is 29.8 Å². The van der Waals surface area contributed by atoms with Crippen LogP contribution in [0, 0.1) is 11.3 Å². The fourth-order valence-electron chi connectivity index (χ4n) is 2.17. The average Bonchev–Trinajstić information content (AvgIpc) is 2.48. The van der Waals surface area contributed by atoms with Crippen LogP contribution in [0.25, 0.3) is 0 Å². The first kappa shape index (κ1) is 15.0. The third-order valence-electron chi connectivity index (χ3n) is 3.52. The Morgan fingerprint density at radius 2 is 2.00 bits per heavy atom. The molecule has 0 amide bonds. The minimum absolute atomic E-state index is 0.426. The Morgan fingerprint density at radius 1 is 1.35 bits per heavy atom.